The molecule has 0 aliphatic carbocycles. The molecule has 0 saturated heterocycles. The van der Waals surface area contributed by atoms with E-state index in [1.165, 1.54) is 50.7 Å². The second-order valence-corrected chi connectivity index (χ2v) is 6.44. The number of nitrogens with one attached hydrogen (secondary N) is 1. The molecule has 0 atom stereocenters. The Morgan fingerprint density at radius 1 is 1.00 bits per heavy atom. The second-order valence-electron chi connectivity index (χ2n) is 6.05. The molecule has 1 N–H and O–H groups in total. The molecule has 0 bridgehead atoms. The zero-order valence-electron chi connectivity index (χ0n) is 14.6. The predicted molar refractivity (Wildman–Crippen MR) is 102 cm³/mol. The van der Waals surface area contributed by atoms with Gasteiger partial charge < -0.3 is 10.2 Å². The van der Waals surface area contributed by atoms with Crippen LogP contribution in [0.3, 0.4) is 0 Å². The van der Waals surface area contributed by atoms with Crippen molar-refractivity contribution in [3.63, 3.8) is 0 Å². The van der Waals surface area contributed by atoms with Crippen LogP contribution < -0.4 is 5.32 Å². The number of anilines is 1. The van der Waals surface area contributed by atoms with E-state index in [4.69, 9.17) is 12.2 Å². The lowest BCUT2D eigenvalue weighted by Crippen LogP contribution is -2.36. The quantitative estimate of drug-likeness (QED) is 0.394. The van der Waals surface area contributed by atoms with Gasteiger partial charge in [-0.2, -0.15) is 0 Å². The predicted octanol–water partition coefficient (Wildman–Crippen LogP) is 5.99. The smallest absolute Gasteiger partial charge is 0.173 e. The molecule has 0 unspecified atom stereocenters. The molecule has 0 radical (unpaired) electrons. The number of unbranched alkanes of at least 4 members (excludes halogenated alkanes) is 6. The molecule has 1 aromatic carbocycles. The first-order valence-electron chi connectivity index (χ1n) is 8.98. The van der Waals surface area contributed by atoms with E-state index < -0.39 is 0 Å². The standard InChI is InChI=1S/C19H31FN2S/c1-3-5-7-9-14-22(15-10-8-6-4-2)19(23)21-18-13-11-12-17(20)16-18/h11-13,16H,3-10,14-15H2,1-2H3,(H,21,23). The summed E-state index contributed by atoms with van der Waals surface area (Å²) in [5, 5.41) is 3.89. The van der Waals surface area contributed by atoms with Gasteiger partial charge in [-0.05, 0) is 43.3 Å². The van der Waals surface area contributed by atoms with Gasteiger partial charge in [0.15, 0.2) is 5.11 Å². The zero-order chi connectivity index (χ0) is 16.9. The number of hydrogen-bond donors (Lipinski definition) is 1. The Balaban J connectivity index is 2.51. The summed E-state index contributed by atoms with van der Waals surface area (Å²) in [6.45, 7) is 6.40. The van der Waals surface area contributed by atoms with Crippen molar-refractivity contribution >= 4 is 23.0 Å². The van der Waals surface area contributed by atoms with Gasteiger partial charge in [0.05, 0.1) is 0 Å². The maximum atomic E-state index is 13.3. The Hall–Kier alpha value is -1.16. The Morgan fingerprint density at radius 2 is 1.61 bits per heavy atom. The minimum atomic E-state index is -0.241. The average molecular weight is 339 g/mol. The van der Waals surface area contributed by atoms with Crippen LogP contribution in [-0.4, -0.2) is 23.1 Å². The monoisotopic (exact) mass is 338 g/mol. The van der Waals surface area contributed by atoms with E-state index in [0.717, 1.165) is 31.6 Å². The van der Waals surface area contributed by atoms with E-state index in [1.54, 1.807) is 6.07 Å². The average Bonchev–Trinajstić information content (AvgIpc) is 2.53. The van der Waals surface area contributed by atoms with Crippen LogP contribution in [0.1, 0.15) is 65.2 Å². The third kappa shape index (κ3) is 8.89. The number of nitrogens with zero attached hydrogens (tertiary/aromatic N) is 1. The van der Waals surface area contributed by atoms with Gasteiger partial charge in [0.2, 0.25) is 0 Å². The van der Waals surface area contributed by atoms with Gasteiger partial charge in [0.1, 0.15) is 5.82 Å². The first-order valence-corrected chi connectivity index (χ1v) is 9.39. The lowest BCUT2D eigenvalue weighted by Gasteiger charge is -2.26. The van der Waals surface area contributed by atoms with Crippen LogP contribution in [0.5, 0.6) is 0 Å². The number of rotatable bonds is 11. The third-order valence-electron chi connectivity index (χ3n) is 3.93. The fraction of sp³-hybridized carbons (Fsp3) is 0.632. The number of halogens is 1. The molecule has 0 spiro atoms. The fourth-order valence-electron chi connectivity index (χ4n) is 2.54. The highest BCUT2D eigenvalue weighted by Crippen LogP contribution is 2.12. The second kappa shape index (κ2) is 12.3. The molecule has 0 saturated carbocycles. The number of thiocarbonyl (C=S) groups is 1. The topological polar surface area (TPSA) is 15.3 Å². The van der Waals surface area contributed by atoms with Crippen LogP contribution in [0.25, 0.3) is 0 Å². The molecule has 1 rings (SSSR count). The minimum absolute atomic E-state index is 0.241. The maximum Gasteiger partial charge on any atom is 0.173 e. The molecule has 130 valence electrons. The lowest BCUT2D eigenvalue weighted by atomic mass is 10.2. The van der Waals surface area contributed by atoms with E-state index in [-0.39, 0.29) is 5.82 Å². The van der Waals surface area contributed by atoms with Crippen molar-refractivity contribution in [2.24, 2.45) is 0 Å². The summed E-state index contributed by atoms with van der Waals surface area (Å²) >= 11 is 5.55. The van der Waals surface area contributed by atoms with E-state index in [9.17, 15) is 4.39 Å². The molecule has 0 aliphatic heterocycles. The van der Waals surface area contributed by atoms with Gasteiger partial charge >= 0.3 is 0 Å². The summed E-state index contributed by atoms with van der Waals surface area (Å²) in [7, 11) is 0. The Labute approximate surface area is 146 Å². The summed E-state index contributed by atoms with van der Waals surface area (Å²) in [4.78, 5) is 2.24. The van der Waals surface area contributed by atoms with Gasteiger partial charge in [0, 0.05) is 18.8 Å². The fourth-order valence-corrected chi connectivity index (χ4v) is 2.84. The van der Waals surface area contributed by atoms with Crippen LogP contribution in [-0.2, 0) is 0 Å². The Morgan fingerprint density at radius 3 is 2.13 bits per heavy atom. The van der Waals surface area contributed by atoms with E-state index >= 15 is 0 Å². The molecule has 23 heavy (non-hydrogen) atoms. The molecule has 0 aromatic heterocycles. The molecule has 4 heteroatoms. The summed E-state index contributed by atoms with van der Waals surface area (Å²) in [5.74, 6) is -0.241. The first kappa shape index (κ1) is 19.9. The van der Waals surface area contributed by atoms with Crippen LogP contribution in [0.2, 0.25) is 0 Å². The summed E-state index contributed by atoms with van der Waals surface area (Å²) in [6.07, 6.45) is 9.82. The van der Waals surface area contributed by atoms with Crippen LogP contribution in [0, 0.1) is 5.82 Å². The van der Waals surface area contributed by atoms with Crippen molar-refractivity contribution in [3.8, 4) is 0 Å². The Bertz CT molecular complexity index is 439. The number of hydrogen-bond acceptors (Lipinski definition) is 1. The van der Waals surface area contributed by atoms with Gasteiger partial charge in [-0.15, -0.1) is 0 Å². The SMILES string of the molecule is CCCCCCN(CCCCCC)C(=S)Nc1cccc(F)c1. The van der Waals surface area contributed by atoms with E-state index in [1.807, 2.05) is 6.07 Å². The highest BCUT2D eigenvalue weighted by atomic mass is 32.1. The van der Waals surface area contributed by atoms with Crippen molar-refractivity contribution in [1.29, 1.82) is 0 Å². The lowest BCUT2D eigenvalue weighted by molar-refractivity contribution is 0.391. The number of benzene rings is 1. The summed E-state index contributed by atoms with van der Waals surface area (Å²) in [5.41, 5.74) is 0.724. The van der Waals surface area contributed by atoms with Crippen molar-refractivity contribution in [2.45, 2.75) is 65.2 Å². The van der Waals surface area contributed by atoms with Gasteiger partial charge in [-0.3, -0.25) is 0 Å². The van der Waals surface area contributed by atoms with Crippen LogP contribution in [0.15, 0.2) is 24.3 Å². The molecule has 0 fully saturated rings. The van der Waals surface area contributed by atoms with E-state index in [0.29, 0.717) is 5.11 Å². The van der Waals surface area contributed by atoms with Gasteiger partial charge in [-0.25, -0.2) is 4.39 Å². The van der Waals surface area contributed by atoms with Crippen LogP contribution >= 0.6 is 12.2 Å². The van der Waals surface area contributed by atoms with Crippen molar-refractivity contribution in [2.75, 3.05) is 18.4 Å². The van der Waals surface area contributed by atoms with Crippen LogP contribution in [0.4, 0.5) is 10.1 Å². The van der Waals surface area contributed by atoms with E-state index in [2.05, 4.69) is 24.1 Å². The highest BCUT2D eigenvalue weighted by Gasteiger charge is 2.09. The molecule has 2 nitrogen and oxygen atoms in total. The molecule has 0 heterocycles. The van der Waals surface area contributed by atoms with Crippen molar-refractivity contribution in [1.82, 2.24) is 4.90 Å². The molecule has 0 aliphatic rings. The summed E-state index contributed by atoms with van der Waals surface area (Å²) in [6, 6.07) is 6.48. The molecular formula is C19H31FN2S. The largest absolute Gasteiger partial charge is 0.349 e. The first-order chi connectivity index (χ1) is 11.2. The normalized spacial score (nSPS) is 10.6. The van der Waals surface area contributed by atoms with Gasteiger partial charge in [-0.1, -0.05) is 58.4 Å². The van der Waals surface area contributed by atoms with Crippen molar-refractivity contribution in [3.05, 3.63) is 30.1 Å². The van der Waals surface area contributed by atoms with Crippen molar-refractivity contribution < 1.29 is 4.39 Å². The third-order valence-corrected chi connectivity index (χ3v) is 4.29. The van der Waals surface area contributed by atoms with Gasteiger partial charge in [0.25, 0.3) is 0 Å². The molecule has 1 aromatic rings. The maximum absolute atomic E-state index is 13.3. The molecule has 0 amide bonds. The zero-order valence-corrected chi connectivity index (χ0v) is 15.4. The minimum Gasteiger partial charge on any atom is -0.349 e. The Kier molecular flexibility index (Phi) is 10.6. The summed E-state index contributed by atoms with van der Waals surface area (Å²) < 4.78 is 13.3. The molecular weight excluding hydrogens is 307 g/mol. The highest BCUT2D eigenvalue weighted by molar-refractivity contribution is 7.80.